The molecule has 0 radical (unpaired) electrons. The zero-order chi connectivity index (χ0) is 9.97. The van der Waals surface area contributed by atoms with Crippen LogP contribution in [0.1, 0.15) is 0 Å². The maximum absolute atomic E-state index is 12.9. The third-order valence-electron chi connectivity index (χ3n) is 1.97. The van der Waals surface area contributed by atoms with Crippen molar-refractivity contribution in [3.63, 3.8) is 0 Å². The summed E-state index contributed by atoms with van der Waals surface area (Å²) in [5.41, 5.74) is 1.59. The number of hydrogen-bond acceptors (Lipinski definition) is 2. The number of halogens is 1. The molecule has 14 heavy (non-hydrogen) atoms. The molecule has 1 aromatic carbocycles. The lowest BCUT2D eigenvalue weighted by atomic mass is 10.1. The first-order valence-electron chi connectivity index (χ1n) is 4.28. The highest BCUT2D eigenvalue weighted by Gasteiger charge is 2.02. The summed E-state index contributed by atoms with van der Waals surface area (Å²) in [6.07, 6.45) is 0. The van der Waals surface area contributed by atoms with Gasteiger partial charge in [0, 0.05) is 18.7 Å². The summed E-state index contributed by atoms with van der Waals surface area (Å²) in [5.74, 6) is 0.493. The summed E-state index contributed by atoms with van der Waals surface area (Å²) in [4.78, 5) is 0. The molecule has 0 aliphatic rings. The van der Waals surface area contributed by atoms with Crippen LogP contribution in [0.5, 0.6) is 0 Å². The van der Waals surface area contributed by atoms with E-state index in [9.17, 15) is 4.39 Å². The van der Waals surface area contributed by atoms with E-state index in [1.165, 1.54) is 12.1 Å². The number of hydrogen-bond donors (Lipinski definition) is 2. The lowest BCUT2D eigenvalue weighted by molar-refractivity contribution is 0.628. The maximum Gasteiger partial charge on any atom is 0.148 e. The van der Waals surface area contributed by atoms with Gasteiger partial charge in [-0.2, -0.15) is 5.10 Å². The lowest BCUT2D eigenvalue weighted by Crippen LogP contribution is -1.85. The third-order valence-corrected chi connectivity index (χ3v) is 1.97. The second-order valence-corrected chi connectivity index (χ2v) is 2.93. The van der Waals surface area contributed by atoms with E-state index in [4.69, 9.17) is 0 Å². The molecule has 0 saturated heterocycles. The third kappa shape index (κ3) is 1.59. The minimum Gasteiger partial charge on any atom is -0.372 e. The van der Waals surface area contributed by atoms with Crippen molar-refractivity contribution in [3.05, 3.63) is 36.1 Å². The van der Waals surface area contributed by atoms with Crippen molar-refractivity contribution in [2.75, 3.05) is 12.4 Å². The molecular formula is C10H10FN3. The number of aromatic amines is 1. The summed E-state index contributed by atoms with van der Waals surface area (Å²) in [6.45, 7) is 0. The molecule has 2 N–H and O–H groups in total. The van der Waals surface area contributed by atoms with Gasteiger partial charge < -0.3 is 5.32 Å². The fourth-order valence-electron chi connectivity index (χ4n) is 1.25. The molecule has 0 aliphatic carbocycles. The van der Waals surface area contributed by atoms with Crippen LogP contribution >= 0.6 is 0 Å². The van der Waals surface area contributed by atoms with Gasteiger partial charge in [-0.3, -0.25) is 5.10 Å². The van der Waals surface area contributed by atoms with Gasteiger partial charge in [-0.05, 0) is 12.1 Å². The largest absolute Gasteiger partial charge is 0.372 e. The molecule has 2 rings (SSSR count). The van der Waals surface area contributed by atoms with Gasteiger partial charge in [0.1, 0.15) is 11.6 Å². The van der Waals surface area contributed by atoms with Crippen LogP contribution in [-0.2, 0) is 0 Å². The van der Waals surface area contributed by atoms with Crippen molar-refractivity contribution < 1.29 is 4.39 Å². The van der Waals surface area contributed by atoms with Crippen LogP contribution in [-0.4, -0.2) is 17.2 Å². The Labute approximate surface area is 81.0 Å². The Balaban J connectivity index is 2.39. The van der Waals surface area contributed by atoms with Crippen molar-refractivity contribution in [3.8, 4) is 11.3 Å². The van der Waals surface area contributed by atoms with E-state index in [2.05, 4.69) is 15.5 Å². The van der Waals surface area contributed by atoms with Crippen molar-refractivity contribution in [2.24, 2.45) is 0 Å². The monoisotopic (exact) mass is 191 g/mol. The zero-order valence-corrected chi connectivity index (χ0v) is 7.71. The molecule has 0 unspecified atom stereocenters. The number of nitrogens with one attached hydrogen (secondary N) is 2. The van der Waals surface area contributed by atoms with E-state index >= 15 is 0 Å². The molecule has 3 nitrogen and oxygen atoms in total. The van der Waals surface area contributed by atoms with Crippen LogP contribution in [0.25, 0.3) is 11.3 Å². The van der Waals surface area contributed by atoms with Gasteiger partial charge in [0.05, 0.1) is 5.69 Å². The van der Waals surface area contributed by atoms with Crippen LogP contribution in [0.15, 0.2) is 30.3 Å². The fourth-order valence-corrected chi connectivity index (χ4v) is 1.25. The van der Waals surface area contributed by atoms with Gasteiger partial charge in [-0.1, -0.05) is 12.1 Å². The molecule has 72 valence electrons. The molecular weight excluding hydrogens is 181 g/mol. The van der Waals surface area contributed by atoms with Crippen LogP contribution in [0.3, 0.4) is 0 Å². The molecule has 0 saturated carbocycles. The molecule has 0 atom stereocenters. The first kappa shape index (κ1) is 8.74. The van der Waals surface area contributed by atoms with Gasteiger partial charge in [0.25, 0.3) is 0 Å². The molecule has 1 heterocycles. The normalized spacial score (nSPS) is 10.1. The van der Waals surface area contributed by atoms with Gasteiger partial charge >= 0.3 is 0 Å². The number of H-pyrrole nitrogens is 1. The highest BCUT2D eigenvalue weighted by molar-refractivity contribution is 5.62. The molecule has 0 fully saturated rings. The minimum atomic E-state index is -0.247. The lowest BCUT2D eigenvalue weighted by Gasteiger charge is -1.95. The van der Waals surface area contributed by atoms with E-state index in [1.54, 1.807) is 13.1 Å². The van der Waals surface area contributed by atoms with Crippen molar-refractivity contribution in [1.82, 2.24) is 10.2 Å². The molecule has 0 bridgehead atoms. The summed E-state index contributed by atoms with van der Waals surface area (Å²) >= 11 is 0. The predicted molar refractivity (Wildman–Crippen MR) is 53.5 cm³/mol. The first-order valence-corrected chi connectivity index (χ1v) is 4.28. The predicted octanol–water partition coefficient (Wildman–Crippen LogP) is 2.26. The average Bonchev–Trinajstić information content (AvgIpc) is 2.66. The molecule has 0 spiro atoms. The van der Waals surface area contributed by atoms with Crippen LogP contribution in [0.4, 0.5) is 10.2 Å². The van der Waals surface area contributed by atoms with Crippen molar-refractivity contribution in [2.45, 2.75) is 0 Å². The highest BCUT2D eigenvalue weighted by atomic mass is 19.1. The number of benzene rings is 1. The SMILES string of the molecule is CNc1cc(-c2cccc(F)c2)[nH]n1. The Morgan fingerprint density at radius 2 is 2.21 bits per heavy atom. The van der Waals surface area contributed by atoms with Gasteiger partial charge in [0.2, 0.25) is 0 Å². The minimum absolute atomic E-state index is 0.247. The Morgan fingerprint density at radius 1 is 1.36 bits per heavy atom. The van der Waals surface area contributed by atoms with E-state index in [-0.39, 0.29) is 5.82 Å². The second kappa shape index (κ2) is 3.49. The molecule has 4 heteroatoms. The summed E-state index contributed by atoms with van der Waals surface area (Å²) in [6, 6.07) is 8.21. The molecule has 1 aromatic heterocycles. The Kier molecular flexibility index (Phi) is 2.18. The standard InChI is InChI=1S/C10H10FN3/c1-12-10-6-9(13-14-10)7-3-2-4-8(11)5-7/h2-6H,1H3,(H2,12,13,14). The van der Waals surface area contributed by atoms with E-state index < -0.39 is 0 Å². The smallest absolute Gasteiger partial charge is 0.148 e. The molecule has 0 aliphatic heterocycles. The second-order valence-electron chi connectivity index (χ2n) is 2.93. The topological polar surface area (TPSA) is 40.7 Å². The van der Waals surface area contributed by atoms with Crippen molar-refractivity contribution in [1.29, 1.82) is 0 Å². The van der Waals surface area contributed by atoms with Gasteiger partial charge in [0.15, 0.2) is 0 Å². The summed E-state index contributed by atoms with van der Waals surface area (Å²) in [5, 5.41) is 9.70. The maximum atomic E-state index is 12.9. The fraction of sp³-hybridized carbons (Fsp3) is 0.100. The number of aromatic nitrogens is 2. The quantitative estimate of drug-likeness (QED) is 0.764. The van der Waals surface area contributed by atoms with Crippen LogP contribution < -0.4 is 5.32 Å². The van der Waals surface area contributed by atoms with Gasteiger partial charge in [-0.15, -0.1) is 0 Å². The van der Waals surface area contributed by atoms with Crippen molar-refractivity contribution >= 4 is 5.82 Å². The molecule has 0 amide bonds. The Morgan fingerprint density at radius 3 is 2.86 bits per heavy atom. The first-order chi connectivity index (χ1) is 6.79. The Bertz CT molecular complexity index is 436. The van der Waals surface area contributed by atoms with E-state index in [1.807, 2.05) is 12.1 Å². The zero-order valence-electron chi connectivity index (χ0n) is 7.71. The summed E-state index contributed by atoms with van der Waals surface area (Å²) in [7, 11) is 1.78. The van der Waals surface area contributed by atoms with E-state index in [0.29, 0.717) is 0 Å². The Hall–Kier alpha value is -1.84. The number of rotatable bonds is 2. The summed E-state index contributed by atoms with van der Waals surface area (Å²) < 4.78 is 12.9. The van der Waals surface area contributed by atoms with Crippen LogP contribution in [0.2, 0.25) is 0 Å². The average molecular weight is 191 g/mol. The van der Waals surface area contributed by atoms with Gasteiger partial charge in [-0.25, -0.2) is 4.39 Å². The number of nitrogens with zero attached hydrogens (tertiary/aromatic N) is 1. The highest BCUT2D eigenvalue weighted by Crippen LogP contribution is 2.19. The van der Waals surface area contributed by atoms with Crippen LogP contribution in [0, 0.1) is 5.82 Å². The number of anilines is 1. The van der Waals surface area contributed by atoms with E-state index in [0.717, 1.165) is 17.1 Å². The molecule has 2 aromatic rings.